The van der Waals surface area contributed by atoms with Gasteiger partial charge in [0.2, 0.25) is 17.6 Å². The third-order valence-electron chi connectivity index (χ3n) is 6.82. The smallest absolute Gasteiger partial charge is 0.325 e. The number of alkyl halides is 1. The number of ether oxygens (including phenoxy) is 1. The number of benzene rings is 1. The van der Waals surface area contributed by atoms with Crippen LogP contribution >= 0.6 is 11.6 Å². The molecule has 0 heterocycles. The summed E-state index contributed by atoms with van der Waals surface area (Å²) in [5, 5.41) is 5.07. The number of hydrogen-bond acceptors (Lipinski definition) is 5. The standard InChI is InChI=1S/C23H26ClFN2O5/c1-13(28)27-16-2-3-17(18(25)5-16)19(29)11-32-20(30)10-26-21(31)22-6-14-4-15(7-22)9-23(24,8-14)12-22/h2-3,5,14-15H,4,6-12H2,1H3,(H,26,31)(H,27,28). The highest BCUT2D eigenvalue weighted by Gasteiger charge is 2.60. The molecule has 0 aromatic heterocycles. The average Bonchev–Trinajstić information content (AvgIpc) is 2.68. The summed E-state index contributed by atoms with van der Waals surface area (Å²) >= 11 is 6.76. The summed E-state index contributed by atoms with van der Waals surface area (Å²) in [4.78, 5) is 47.9. The second kappa shape index (κ2) is 8.46. The number of ketones is 1. The number of nitrogens with one attached hydrogen (secondary N) is 2. The van der Waals surface area contributed by atoms with Crippen LogP contribution in [0.2, 0.25) is 0 Å². The van der Waals surface area contributed by atoms with Crippen molar-refractivity contribution in [1.82, 2.24) is 5.32 Å². The molecule has 32 heavy (non-hydrogen) atoms. The number of rotatable bonds is 7. The number of halogens is 2. The predicted octanol–water partition coefficient (Wildman–Crippen LogP) is 3.20. The Morgan fingerprint density at radius 1 is 1.16 bits per heavy atom. The third-order valence-corrected chi connectivity index (χ3v) is 7.26. The highest BCUT2D eigenvalue weighted by molar-refractivity contribution is 6.24. The first-order chi connectivity index (χ1) is 15.1. The van der Waals surface area contributed by atoms with Crippen molar-refractivity contribution in [3.05, 3.63) is 29.6 Å². The van der Waals surface area contributed by atoms with Gasteiger partial charge in [0.1, 0.15) is 12.4 Å². The first-order valence-corrected chi connectivity index (χ1v) is 11.2. The lowest BCUT2D eigenvalue weighted by Gasteiger charge is -2.59. The molecular weight excluding hydrogens is 439 g/mol. The van der Waals surface area contributed by atoms with Crippen LogP contribution in [0, 0.1) is 23.1 Å². The molecule has 0 saturated heterocycles. The Morgan fingerprint density at radius 3 is 2.44 bits per heavy atom. The zero-order valence-corrected chi connectivity index (χ0v) is 18.6. The van der Waals surface area contributed by atoms with Crippen LogP contribution < -0.4 is 10.6 Å². The zero-order valence-electron chi connectivity index (χ0n) is 17.8. The molecule has 1 aromatic carbocycles. The zero-order chi connectivity index (χ0) is 23.1. The number of anilines is 1. The SMILES string of the molecule is CC(=O)Nc1ccc(C(=O)COC(=O)CNC(=O)C23CC4CC(CC(Cl)(C4)C2)C3)c(F)c1. The van der Waals surface area contributed by atoms with Crippen molar-refractivity contribution in [1.29, 1.82) is 0 Å². The molecule has 9 heteroatoms. The van der Waals surface area contributed by atoms with Crippen LogP contribution in [-0.2, 0) is 19.1 Å². The maximum absolute atomic E-state index is 14.1. The Bertz CT molecular complexity index is 967. The molecular formula is C23H26ClFN2O5. The summed E-state index contributed by atoms with van der Waals surface area (Å²) in [6.45, 7) is 0.278. The Hall–Kier alpha value is -2.48. The summed E-state index contributed by atoms with van der Waals surface area (Å²) in [6.07, 6.45) is 5.24. The normalized spacial score (nSPS) is 30.0. The fourth-order valence-electron chi connectivity index (χ4n) is 6.05. The molecule has 7 nitrogen and oxygen atoms in total. The van der Waals surface area contributed by atoms with E-state index in [9.17, 15) is 23.6 Å². The molecule has 4 saturated carbocycles. The molecule has 2 N–H and O–H groups in total. The van der Waals surface area contributed by atoms with E-state index in [0.717, 1.165) is 38.2 Å². The summed E-state index contributed by atoms with van der Waals surface area (Å²) < 4.78 is 19.1. The Balaban J connectivity index is 1.27. The van der Waals surface area contributed by atoms with Gasteiger partial charge in [-0.1, -0.05) is 0 Å². The van der Waals surface area contributed by atoms with E-state index in [1.54, 1.807) is 0 Å². The highest BCUT2D eigenvalue weighted by atomic mass is 35.5. The van der Waals surface area contributed by atoms with Gasteiger partial charge in [0.25, 0.3) is 0 Å². The van der Waals surface area contributed by atoms with Crippen molar-refractivity contribution >= 4 is 40.9 Å². The minimum absolute atomic E-state index is 0.181. The van der Waals surface area contributed by atoms with E-state index in [-0.39, 0.29) is 34.5 Å². The van der Waals surface area contributed by atoms with E-state index < -0.39 is 29.6 Å². The number of carbonyl (C=O) groups is 4. The van der Waals surface area contributed by atoms with E-state index in [4.69, 9.17) is 16.3 Å². The maximum atomic E-state index is 14.1. The quantitative estimate of drug-likeness (QED) is 0.366. The minimum Gasteiger partial charge on any atom is -0.456 e. The summed E-state index contributed by atoms with van der Waals surface area (Å²) in [7, 11) is 0. The van der Waals surface area contributed by atoms with Gasteiger partial charge < -0.3 is 15.4 Å². The lowest BCUT2D eigenvalue weighted by Crippen LogP contribution is -2.58. The lowest BCUT2D eigenvalue weighted by atomic mass is 9.49. The number of Topliss-reactive ketones (excluding diaryl/α,β-unsaturated/α-hetero) is 1. The van der Waals surface area contributed by atoms with Gasteiger partial charge in [0, 0.05) is 17.5 Å². The van der Waals surface area contributed by atoms with Crippen molar-refractivity contribution < 1.29 is 28.3 Å². The van der Waals surface area contributed by atoms with Crippen molar-refractivity contribution in [2.24, 2.45) is 17.3 Å². The van der Waals surface area contributed by atoms with Crippen LogP contribution in [0.3, 0.4) is 0 Å². The van der Waals surface area contributed by atoms with Crippen LogP contribution in [0.15, 0.2) is 18.2 Å². The predicted molar refractivity (Wildman–Crippen MR) is 115 cm³/mol. The molecule has 2 amide bonds. The van der Waals surface area contributed by atoms with Gasteiger partial charge in [-0.2, -0.15) is 0 Å². The molecule has 4 bridgehead atoms. The van der Waals surface area contributed by atoms with Gasteiger partial charge in [-0.25, -0.2) is 4.39 Å². The largest absolute Gasteiger partial charge is 0.456 e. The fraction of sp³-hybridized carbons (Fsp3) is 0.565. The lowest BCUT2D eigenvalue weighted by molar-refractivity contribution is -0.149. The van der Waals surface area contributed by atoms with Gasteiger partial charge in [-0.3, -0.25) is 19.2 Å². The van der Waals surface area contributed by atoms with Crippen LogP contribution in [0.1, 0.15) is 55.8 Å². The Labute approximate surface area is 190 Å². The summed E-state index contributed by atoms with van der Waals surface area (Å²) in [5.74, 6) is -1.96. The topological polar surface area (TPSA) is 102 Å². The van der Waals surface area contributed by atoms with Gasteiger partial charge in [0.05, 0.1) is 11.0 Å². The molecule has 0 spiro atoms. The first-order valence-electron chi connectivity index (χ1n) is 10.8. The van der Waals surface area contributed by atoms with Crippen molar-refractivity contribution in [3.63, 3.8) is 0 Å². The molecule has 4 aliphatic carbocycles. The number of hydrogen-bond donors (Lipinski definition) is 2. The summed E-state index contributed by atoms with van der Waals surface area (Å²) in [6, 6.07) is 3.62. The Morgan fingerprint density at radius 2 is 1.84 bits per heavy atom. The van der Waals surface area contributed by atoms with E-state index >= 15 is 0 Å². The van der Waals surface area contributed by atoms with Gasteiger partial charge in [0.15, 0.2) is 6.61 Å². The maximum Gasteiger partial charge on any atom is 0.325 e. The van der Waals surface area contributed by atoms with E-state index in [2.05, 4.69) is 10.6 Å². The molecule has 2 atom stereocenters. The monoisotopic (exact) mass is 464 g/mol. The first kappa shape index (κ1) is 22.7. The molecule has 5 rings (SSSR count). The van der Waals surface area contributed by atoms with Crippen molar-refractivity contribution in [2.45, 2.75) is 50.3 Å². The molecule has 0 radical (unpaired) electrons. The Kier molecular flexibility index (Phi) is 6.00. The highest BCUT2D eigenvalue weighted by Crippen LogP contribution is 2.63. The summed E-state index contributed by atoms with van der Waals surface area (Å²) in [5.41, 5.74) is -0.563. The second-order valence-corrected chi connectivity index (χ2v) is 10.3. The van der Waals surface area contributed by atoms with Gasteiger partial charge >= 0.3 is 5.97 Å². The third kappa shape index (κ3) is 4.65. The van der Waals surface area contributed by atoms with E-state index in [1.165, 1.54) is 19.1 Å². The van der Waals surface area contributed by atoms with Crippen molar-refractivity contribution in [2.75, 3.05) is 18.5 Å². The molecule has 0 aliphatic heterocycles. The molecule has 172 valence electrons. The van der Waals surface area contributed by atoms with Gasteiger partial charge in [-0.05, 0) is 68.6 Å². The second-order valence-electron chi connectivity index (χ2n) is 9.53. The van der Waals surface area contributed by atoms with Crippen molar-refractivity contribution in [3.8, 4) is 0 Å². The van der Waals surface area contributed by atoms with Gasteiger partial charge in [-0.15, -0.1) is 11.6 Å². The van der Waals surface area contributed by atoms with Crippen LogP contribution in [0.5, 0.6) is 0 Å². The van der Waals surface area contributed by atoms with E-state index in [0.29, 0.717) is 18.3 Å². The molecule has 1 aromatic rings. The number of esters is 1. The van der Waals surface area contributed by atoms with E-state index in [1.807, 2.05) is 0 Å². The number of amides is 2. The average molecular weight is 465 g/mol. The van der Waals surface area contributed by atoms with Crippen LogP contribution in [0.4, 0.5) is 10.1 Å². The molecule has 2 unspecified atom stereocenters. The molecule has 4 aliphatic rings. The minimum atomic E-state index is -0.831. The van der Waals surface area contributed by atoms with Crippen LogP contribution in [0.25, 0.3) is 0 Å². The fourth-order valence-corrected chi connectivity index (χ4v) is 6.75. The number of carbonyl (C=O) groups excluding carboxylic acids is 4. The molecule has 4 fully saturated rings. The van der Waals surface area contributed by atoms with Crippen LogP contribution in [-0.4, -0.2) is 41.6 Å².